The second kappa shape index (κ2) is 6.00. The predicted octanol–water partition coefficient (Wildman–Crippen LogP) is 1.86. The second-order valence-electron chi connectivity index (χ2n) is 3.85. The van der Waals surface area contributed by atoms with E-state index in [2.05, 4.69) is 25.8 Å². The summed E-state index contributed by atoms with van der Waals surface area (Å²) < 4.78 is 5.03. The minimum atomic E-state index is 0.642. The third-order valence-electron chi connectivity index (χ3n) is 2.32. The van der Waals surface area contributed by atoms with Gasteiger partial charge in [0.15, 0.2) is 5.82 Å². The van der Waals surface area contributed by atoms with E-state index in [-0.39, 0.29) is 0 Å². The van der Waals surface area contributed by atoms with Gasteiger partial charge in [0.1, 0.15) is 11.6 Å². The summed E-state index contributed by atoms with van der Waals surface area (Å²) in [4.78, 5) is 8.55. The normalized spacial score (nSPS) is 10.3. The van der Waals surface area contributed by atoms with Gasteiger partial charge in [-0.1, -0.05) is 11.2 Å². The topological polar surface area (TPSA) is 75.9 Å². The molecule has 0 fully saturated rings. The highest BCUT2D eigenvalue weighted by Gasteiger charge is 2.02. The molecule has 0 atom stereocenters. The first-order valence-electron chi connectivity index (χ1n) is 6.02. The Morgan fingerprint density at radius 3 is 2.61 bits per heavy atom. The highest BCUT2D eigenvalue weighted by Crippen LogP contribution is 2.08. The van der Waals surface area contributed by atoms with Crippen molar-refractivity contribution in [1.82, 2.24) is 15.1 Å². The minimum Gasteiger partial charge on any atom is -0.370 e. The van der Waals surface area contributed by atoms with Gasteiger partial charge in [0.2, 0.25) is 5.89 Å². The van der Waals surface area contributed by atoms with Crippen LogP contribution in [0, 0.1) is 6.92 Å². The van der Waals surface area contributed by atoms with Crippen LogP contribution in [0.25, 0.3) is 0 Å². The lowest BCUT2D eigenvalue weighted by Gasteiger charge is -2.06. The van der Waals surface area contributed by atoms with Crippen LogP contribution in [-0.2, 0) is 6.42 Å². The molecule has 0 unspecified atom stereocenters. The van der Waals surface area contributed by atoms with Crippen LogP contribution in [0.1, 0.15) is 18.6 Å². The quantitative estimate of drug-likeness (QED) is 0.811. The molecule has 0 aliphatic heterocycles. The van der Waals surface area contributed by atoms with Crippen LogP contribution in [0.5, 0.6) is 0 Å². The molecule has 2 N–H and O–H groups in total. The van der Waals surface area contributed by atoms with Crippen LogP contribution in [0.3, 0.4) is 0 Å². The lowest BCUT2D eigenvalue weighted by Crippen LogP contribution is -2.08. The van der Waals surface area contributed by atoms with Gasteiger partial charge in [-0.2, -0.15) is 4.98 Å². The Bertz CT molecular complexity index is 497. The van der Waals surface area contributed by atoms with E-state index in [1.54, 1.807) is 0 Å². The molecule has 18 heavy (non-hydrogen) atoms. The van der Waals surface area contributed by atoms with Crippen LogP contribution in [0.15, 0.2) is 22.7 Å². The van der Waals surface area contributed by atoms with E-state index in [1.807, 2.05) is 32.0 Å². The molecule has 2 heterocycles. The highest BCUT2D eigenvalue weighted by molar-refractivity contribution is 5.44. The molecule has 2 aromatic rings. The lowest BCUT2D eigenvalue weighted by atomic mass is 10.4. The molecule has 0 aliphatic carbocycles. The van der Waals surface area contributed by atoms with Gasteiger partial charge in [0, 0.05) is 19.5 Å². The van der Waals surface area contributed by atoms with Crippen LogP contribution in [-0.4, -0.2) is 28.2 Å². The third kappa shape index (κ3) is 3.44. The van der Waals surface area contributed by atoms with E-state index in [0.717, 1.165) is 18.2 Å². The third-order valence-corrected chi connectivity index (χ3v) is 2.32. The zero-order valence-corrected chi connectivity index (χ0v) is 10.6. The molecule has 6 heteroatoms. The molecule has 0 bridgehead atoms. The van der Waals surface area contributed by atoms with Crippen molar-refractivity contribution >= 4 is 11.6 Å². The zero-order chi connectivity index (χ0) is 12.8. The molecule has 96 valence electrons. The fourth-order valence-electron chi connectivity index (χ4n) is 1.55. The summed E-state index contributed by atoms with van der Waals surface area (Å²) >= 11 is 0. The van der Waals surface area contributed by atoms with E-state index < -0.39 is 0 Å². The maximum atomic E-state index is 5.03. The largest absolute Gasteiger partial charge is 0.370 e. The molecule has 0 saturated carbocycles. The molecule has 0 aromatic carbocycles. The van der Waals surface area contributed by atoms with Crippen molar-refractivity contribution in [2.75, 3.05) is 23.7 Å². The summed E-state index contributed by atoms with van der Waals surface area (Å²) in [5, 5.41) is 10.1. The number of anilines is 2. The first kappa shape index (κ1) is 12.3. The molecular formula is C12H17N5O. The smallest absolute Gasteiger partial charge is 0.228 e. The number of hydrogen-bond acceptors (Lipinski definition) is 6. The fraction of sp³-hybridized carbons (Fsp3) is 0.417. The summed E-state index contributed by atoms with van der Waals surface area (Å²) in [6, 6.07) is 5.83. The number of pyridine rings is 1. The standard InChI is InChI=1S/C12H17N5O/c1-3-13-10-5-4-6-11(16-10)14-8-7-12-15-9(2)17-18-12/h4-6H,3,7-8H2,1-2H3,(H2,13,14,16). The molecule has 6 nitrogen and oxygen atoms in total. The van der Waals surface area contributed by atoms with Crippen molar-refractivity contribution in [3.05, 3.63) is 29.9 Å². The monoisotopic (exact) mass is 247 g/mol. The second-order valence-corrected chi connectivity index (χ2v) is 3.85. The number of rotatable bonds is 6. The Morgan fingerprint density at radius 1 is 1.17 bits per heavy atom. The summed E-state index contributed by atoms with van der Waals surface area (Å²) in [6.07, 6.45) is 0.688. The average molecular weight is 247 g/mol. The van der Waals surface area contributed by atoms with Crippen molar-refractivity contribution in [2.24, 2.45) is 0 Å². The molecular weight excluding hydrogens is 230 g/mol. The van der Waals surface area contributed by atoms with E-state index in [0.29, 0.717) is 24.7 Å². The number of nitrogens with zero attached hydrogens (tertiary/aromatic N) is 3. The fourth-order valence-corrected chi connectivity index (χ4v) is 1.55. The van der Waals surface area contributed by atoms with E-state index >= 15 is 0 Å². The van der Waals surface area contributed by atoms with Gasteiger partial charge in [-0.05, 0) is 26.0 Å². The predicted molar refractivity (Wildman–Crippen MR) is 69.6 cm³/mol. The van der Waals surface area contributed by atoms with Gasteiger partial charge in [0.25, 0.3) is 0 Å². The molecule has 2 rings (SSSR count). The van der Waals surface area contributed by atoms with Gasteiger partial charge in [-0.25, -0.2) is 4.98 Å². The van der Waals surface area contributed by atoms with E-state index in [9.17, 15) is 0 Å². The molecule has 0 spiro atoms. The molecule has 0 radical (unpaired) electrons. The maximum absolute atomic E-state index is 5.03. The first-order chi connectivity index (χ1) is 8.78. The number of aromatic nitrogens is 3. The van der Waals surface area contributed by atoms with E-state index in [1.165, 1.54) is 0 Å². The van der Waals surface area contributed by atoms with Gasteiger partial charge in [0.05, 0.1) is 0 Å². The van der Waals surface area contributed by atoms with Crippen molar-refractivity contribution < 1.29 is 4.52 Å². The van der Waals surface area contributed by atoms with Crippen molar-refractivity contribution in [2.45, 2.75) is 20.3 Å². The van der Waals surface area contributed by atoms with Crippen LogP contribution in [0.4, 0.5) is 11.6 Å². The molecule has 2 aromatic heterocycles. The SMILES string of the molecule is CCNc1cccc(NCCc2nc(C)no2)n1. The number of nitrogens with one attached hydrogen (secondary N) is 2. The van der Waals surface area contributed by atoms with Gasteiger partial charge in [-0.3, -0.25) is 0 Å². The Morgan fingerprint density at radius 2 is 1.94 bits per heavy atom. The van der Waals surface area contributed by atoms with E-state index in [4.69, 9.17) is 4.52 Å². The van der Waals surface area contributed by atoms with Gasteiger partial charge >= 0.3 is 0 Å². The Hall–Kier alpha value is -2.11. The lowest BCUT2D eigenvalue weighted by molar-refractivity contribution is 0.377. The van der Waals surface area contributed by atoms with Gasteiger partial charge in [-0.15, -0.1) is 0 Å². The van der Waals surface area contributed by atoms with Crippen LogP contribution in [0.2, 0.25) is 0 Å². The van der Waals surface area contributed by atoms with Crippen molar-refractivity contribution in [3.63, 3.8) is 0 Å². The Kier molecular flexibility index (Phi) is 4.11. The minimum absolute atomic E-state index is 0.642. The summed E-state index contributed by atoms with van der Waals surface area (Å²) in [5.41, 5.74) is 0. The highest BCUT2D eigenvalue weighted by atomic mass is 16.5. The van der Waals surface area contributed by atoms with Crippen molar-refractivity contribution in [1.29, 1.82) is 0 Å². The van der Waals surface area contributed by atoms with Crippen LogP contribution >= 0.6 is 0 Å². The molecule has 0 aliphatic rings. The van der Waals surface area contributed by atoms with Crippen LogP contribution < -0.4 is 10.6 Å². The number of hydrogen-bond donors (Lipinski definition) is 2. The summed E-state index contributed by atoms with van der Waals surface area (Å²) in [6.45, 7) is 5.42. The first-order valence-corrected chi connectivity index (χ1v) is 6.02. The summed E-state index contributed by atoms with van der Waals surface area (Å²) in [7, 11) is 0. The summed E-state index contributed by atoms with van der Waals surface area (Å²) in [5.74, 6) is 3.01. The maximum Gasteiger partial charge on any atom is 0.228 e. The Labute approximate surface area is 106 Å². The Balaban J connectivity index is 1.84. The van der Waals surface area contributed by atoms with Crippen molar-refractivity contribution in [3.8, 4) is 0 Å². The number of aryl methyl sites for hydroxylation is 1. The average Bonchev–Trinajstić information content (AvgIpc) is 2.76. The van der Waals surface area contributed by atoms with Gasteiger partial charge < -0.3 is 15.2 Å². The molecule has 0 amide bonds. The zero-order valence-electron chi connectivity index (χ0n) is 10.6. The molecule has 0 saturated heterocycles.